The molecule has 2 saturated heterocycles. The van der Waals surface area contributed by atoms with Crippen molar-refractivity contribution >= 4 is 16.9 Å². The van der Waals surface area contributed by atoms with Crippen LogP contribution < -0.4 is 0 Å². The van der Waals surface area contributed by atoms with Crippen molar-refractivity contribution in [3.63, 3.8) is 0 Å². The minimum atomic E-state index is -0.0503. The van der Waals surface area contributed by atoms with Crippen LogP contribution >= 0.6 is 0 Å². The third-order valence-corrected chi connectivity index (χ3v) is 6.47. The maximum Gasteiger partial charge on any atom is 0.289 e. The van der Waals surface area contributed by atoms with E-state index < -0.39 is 0 Å². The van der Waals surface area contributed by atoms with Gasteiger partial charge in [-0.05, 0) is 38.4 Å². The number of piperazine rings is 1. The number of aliphatic hydroxyl groups is 1. The van der Waals surface area contributed by atoms with E-state index in [9.17, 15) is 9.90 Å². The maximum absolute atomic E-state index is 13.2. The summed E-state index contributed by atoms with van der Waals surface area (Å²) in [5.74, 6) is 0.836. The summed E-state index contributed by atoms with van der Waals surface area (Å²) in [4.78, 5) is 19.9. The number of rotatable bonds is 4. The lowest BCUT2D eigenvalue weighted by Crippen LogP contribution is -2.47. The van der Waals surface area contributed by atoms with Gasteiger partial charge in [0.05, 0.1) is 0 Å². The Labute approximate surface area is 166 Å². The van der Waals surface area contributed by atoms with Crippen molar-refractivity contribution in [2.45, 2.75) is 13.8 Å². The topological polar surface area (TPSA) is 60.2 Å². The third-order valence-electron chi connectivity index (χ3n) is 6.47. The molecule has 2 aromatic rings. The van der Waals surface area contributed by atoms with Gasteiger partial charge in [-0.3, -0.25) is 4.79 Å². The Morgan fingerprint density at radius 1 is 1.14 bits per heavy atom. The van der Waals surface area contributed by atoms with Crippen molar-refractivity contribution in [3.05, 3.63) is 35.1 Å². The van der Waals surface area contributed by atoms with Crippen LogP contribution in [-0.2, 0) is 0 Å². The number of fused-ring (bicyclic) bond motifs is 1. The van der Waals surface area contributed by atoms with E-state index in [2.05, 4.69) is 16.8 Å². The molecule has 6 heteroatoms. The largest absolute Gasteiger partial charge is 0.451 e. The molecule has 1 amide bonds. The van der Waals surface area contributed by atoms with Gasteiger partial charge in [0.2, 0.25) is 0 Å². The van der Waals surface area contributed by atoms with Crippen LogP contribution in [0.15, 0.2) is 22.6 Å². The maximum atomic E-state index is 13.2. The van der Waals surface area contributed by atoms with Crippen LogP contribution in [0.3, 0.4) is 0 Å². The van der Waals surface area contributed by atoms with E-state index in [0.29, 0.717) is 24.8 Å². The van der Waals surface area contributed by atoms with Gasteiger partial charge in [0.15, 0.2) is 5.76 Å². The van der Waals surface area contributed by atoms with Gasteiger partial charge in [-0.2, -0.15) is 0 Å². The van der Waals surface area contributed by atoms with Crippen molar-refractivity contribution in [1.29, 1.82) is 0 Å². The van der Waals surface area contributed by atoms with Gasteiger partial charge in [0.1, 0.15) is 5.58 Å². The van der Waals surface area contributed by atoms with Crippen molar-refractivity contribution in [2.75, 3.05) is 59.5 Å². The Balaban J connectivity index is 1.48. The van der Waals surface area contributed by atoms with Gasteiger partial charge in [0.25, 0.3) is 5.91 Å². The normalized spacial score (nSPS) is 24.4. The summed E-state index contributed by atoms with van der Waals surface area (Å²) in [5.41, 5.74) is 2.80. The standard InChI is InChI=1S/C22H31N3O3/c1-15-4-5-19-16(2)21(28-20(19)10-15)22(27)25-12-17(18(13-25)14-26)11-24-8-6-23(3)7-9-24/h4-5,10,17-18,26H,6-9,11-14H2,1-3H3/t17-,18-/m1/s1. The molecule has 4 rings (SSSR count). The highest BCUT2D eigenvalue weighted by atomic mass is 16.3. The number of likely N-dealkylation sites (tertiary alicyclic amines) is 1. The summed E-state index contributed by atoms with van der Waals surface area (Å²) < 4.78 is 5.95. The first-order valence-electron chi connectivity index (χ1n) is 10.3. The third kappa shape index (κ3) is 3.69. The lowest BCUT2D eigenvalue weighted by molar-refractivity contribution is 0.0747. The van der Waals surface area contributed by atoms with Gasteiger partial charge >= 0.3 is 0 Å². The molecule has 2 aliphatic heterocycles. The molecule has 0 spiro atoms. The Morgan fingerprint density at radius 2 is 1.86 bits per heavy atom. The number of carbonyl (C=O) groups is 1. The fraction of sp³-hybridized carbons (Fsp3) is 0.591. The van der Waals surface area contributed by atoms with Crippen molar-refractivity contribution in [1.82, 2.24) is 14.7 Å². The van der Waals surface area contributed by atoms with Crippen LogP contribution in [-0.4, -0.2) is 85.2 Å². The van der Waals surface area contributed by atoms with Crippen molar-refractivity contribution in [3.8, 4) is 0 Å². The molecule has 1 N–H and O–H groups in total. The number of furan rings is 1. The Morgan fingerprint density at radius 3 is 2.57 bits per heavy atom. The summed E-state index contributed by atoms with van der Waals surface area (Å²) in [6.07, 6.45) is 0. The highest BCUT2D eigenvalue weighted by Crippen LogP contribution is 2.30. The zero-order valence-corrected chi connectivity index (χ0v) is 17.1. The summed E-state index contributed by atoms with van der Waals surface area (Å²) in [5, 5.41) is 10.9. The van der Waals surface area contributed by atoms with Crippen LogP contribution in [0.5, 0.6) is 0 Å². The Bertz CT molecular complexity index is 854. The molecular formula is C22H31N3O3. The van der Waals surface area contributed by atoms with E-state index in [0.717, 1.165) is 54.8 Å². The van der Waals surface area contributed by atoms with Gasteiger partial charge < -0.3 is 24.2 Å². The fourth-order valence-electron chi connectivity index (χ4n) is 4.56. The Hall–Kier alpha value is -1.89. The molecule has 6 nitrogen and oxygen atoms in total. The molecule has 28 heavy (non-hydrogen) atoms. The monoisotopic (exact) mass is 385 g/mol. The summed E-state index contributed by atoms with van der Waals surface area (Å²) in [7, 11) is 2.15. The molecule has 0 bridgehead atoms. The number of benzene rings is 1. The van der Waals surface area contributed by atoms with Crippen molar-refractivity contribution in [2.24, 2.45) is 11.8 Å². The first-order valence-corrected chi connectivity index (χ1v) is 10.3. The number of aliphatic hydroxyl groups excluding tert-OH is 1. The average Bonchev–Trinajstić information content (AvgIpc) is 3.24. The SMILES string of the molecule is Cc1ccc2c(C)c(C(=O)N3C[C@@H](CN4CCN(C)CC4)[C@@H](CO)C3)oc2c1. The molecule has 0 saturated carbocycles. The zero-order valence-electron chi connectivity index (χ0n) is 17.1. The molecule has 2 fully saturated rings. The minimum Gasteiger partial charge on any atom is -0.451 e. The van der Waals surface area contributed by atoms with Crippen LogP contribution in [0.25, 0.3) is 11.0 Å². The highest BCUT2D eigenvalue weighted by molar-refractivity contribution is 5.99. The van der Waals surface area contributed by atoms with E-state index >= 15 is 0 Å². The van der Waals surface area contributed by atoms with E-state index in [4.69, 9.17) is 4.42 Å². The molecule has 0 unspecified atom stereocenters. The predicted molar refractivity (Wildman–Crippen MR) is 110 cm³/mol. The fourth-order valence-corrected chi connectivity index (χ4v) is 4.56. The van der Waals surface area contributed by atoms with Crippen LogP contribution in [0.4, 0.5) is 0 Å². The minimum absolute atomic E-state index is 0.0503. The van der Waals surface area contributed by atoms with E-state index in [1.165, 1.54) is 0 Å². The first kappa shape index (κ1) is 19.4. The van der Waals surface area contributed by atoms with E-state index in [1.54, 1.807) is 0 Å². The second kappa shape index (κ2) is 7.85. The predicted octanol–water partition coefficient (Wildman–Crippen LogP) is 1.98. The number of carbonyl (C=O) groups excluding carboxylic acids is 1. The second-order valence-corrected chi connectivity index (χ2v) is 8.57. The molecule has 2 atom stereocenters. The molecule has 3 heterocycles. The van der Waals surface area contributed by atoms with Crippen LogP contribution in [0.2, 0.25) is 0 Å². The number of aryl methyl sites for hydroxylation is 2. The van der Waals surface area contributed by atoms with Gasteiger partial charge in [-0.25, -0.2) is 0 Å². The molecule has 152 valence electrons. The number of hydrogen-bond donors (Lipinski definition) is 1. The number of likely N-dealkylation sites (N-methyl/N-ethyl adjacent to an activating group) is 1. The quantitative estimate of drug-likeness (QED) is 0.872. The smallest absolute Gasteiger partial charge is 0.289 e. The molecule has 1 aromatic carbocycles. The zero-order chi connectivity index (χ0) is 19.8. The average molecular weight is 386 g/mol. The molecule has 2 aliphatic rings. The molecule has 0 aliphatic carbocycles. The van der Waals surface area contributed by atoms with E-state index in [-0.39, 0.29) is 18.4 Å². The summed E-state index contributed by atoms with van der Waals surface area (Å²) in [6, 6.07) is 6.05. The van der Waals surface area contributed by atoms with Crippen LogP contribution in [0, 0.1) is 25.7 Å². The highest BCUT2D eigenvalue weighted by Gasteiger charge is 2.37. The summed E-state index contributed by atoms with van der Waals surface area (Å²) >= 11 is 0. The Kier molecular flexibility index (Phi) is 5.45. The van der Waals surface area contributed by atoms with Crippen molar-refractivity contribution < 1.29 is 14.3 Å². The van der Waals surface area contributed by atoms with Gasteiger partial charge in [-0.1, -0.05) is 12.1 Å². The number of amides is 1. The van der Waals surface area contributed by atoms with Crippen LogP contribution in [0.1, 0.15) is 21.7 Å². The molecule has 0 radical (unpaired) electrons. The lowest BCUT2D eigenvalue weighted by Gasteiger charge is -2.34. The lowest BCUT2D eigenvalue weighted by atomic mass is 9.96. The molecular weight excluding hydrogens is 354 g/mol. The number of nitrogens with zero attached hydrogens (tertiary/aromatic N) is 3. The second-order valence-electron chi connectivity index (χ2n) is 8.57. The summed E-state index contributed by atoms with van der Waals surface area (Å²) in [6.45, 7) is 10.6. The molecule has 1 aromatic heterocycles. The number of hydrogen-bond acceptors (Lipinski definition) is 5. The first-order chi connectivity index (χ1) is 13.5. The van der Waals surface area contributed by atoms with Gasteiger partial charge in [0, 0.05) is 69.3 Å². The van der Waals surface area contributed by atoms with E-state index in [1.807, 2.05) is 36.9 Å². The van der Waals surface area contributed by atoms with Gasteiger partial charge in [-0.15, -0.1) is 0 Å².